The minimum absolute atomic E-state index is 0.202. The minimum atomic E-state index is -3.67. The summed E-state index contributed by atoms with van der Waals surface area (Å²) in [6.07, 6.45) is 1.19. The van der Waals surface area contributed by atoms with Gasteiger partial charge < -0.3 is 9.84 Å². The van der Waals surface area contributed by atoms with Gasteiger partial charge in [0, 0.05) is 6.61 Å². The van der Waals surface area contributed by atoms with Gasteiger partial charge in [-0.2, -0.15) is 0 Å². The van der Waals surface area contributed by atoms with Gasteiger partial charge in [-0.1, -0.05) is 0 Å². The van der Waals surface area contributed by atoms with Crippen molar-refractivity contribution in [1.82, 2.24) is 0 Å². The van der Waals surface area contributed by atoms with Crippen molar-refractivity contribution in [3.8, 4) is 0 Å². The Kier molecular flexibility index (Phi) is 3.40. The van der Waals surface area contributed by atoms with Crippen LogP contribution in [0.1, 0.15) is 26.7 Å². The number of hydrogen-bond acceptors (Lipinski definition) is 4. The van der Waals surface area contributed by atoms with Crippen molar-refractivity contribution in [1.29, 1.82) is 0 Å². The molecular weight excluding hydrogens is 220 g/mol. The fourth-order valence-electron chi connectivity index (χ4n) is 1.36. The van der Waals surface area contributed by atoms with Gasteiger partial charge in [0.15, 0.2) is 14.6 Å². The molecule has 1 unspecified atom stereocenters. The van der Waals surface area contributed by atoms with Gasteiger partial charge in [-0.05, 0) is 26.7 Å². The Balaban J connectivity index is 2.78. The van der Waals surface area contributed by atoms with Crippen LogP contribution in [0.15, 0.2) is 0 Å². The van der Waals surface area contributed by atoms with Gasteiger partial charge in [-0.25, -0.2) is 8.42 Å². The third kappa shape index (κ3) is 2.49. The number of sulfone groups is 1. The first-order valence-electron chi connectivity index (χ1n) is 4.84. The number of ether oxygens (including phenoxy) is 1. The van der Waals surface area contributed by atoms with Crippen molar-refractivity contribution in [3.63, 3.8) is 0 Å². The molecule has 1 N–H and O–H groups in total. The van der Waals surface area contributed by atoms with E-state index >= 15 is 0 Å². The zero-order chi connectivity index (χ0) is 11.7. The van der Waals surface area contributed by atoms with E-state index in [9.17, 15) is 13.2 Å². The van der Waals surface area contributed by atoms with Crippen molar-refractivity contribution in [3.05, 3.63) is 0 Å². The second-order valence-corrected chi connectivity index (χ2v) is 6.82. The summed E-state index contributed by atoms with van der Waals surface area (Å²) in [5, 5.41) is 8.83. The summed E-state index contributed by atoms with van der Waals surface area (Å²) in [5.74, 6) is -1.52. The van der Waals surface area contributed by atoms with Gasteiger partial charge >= 0.3 is 5.97 Å². The van der Waals surface area contributed by atoms with Crippen molar-refractivity contribution < 1.29 is 23.1 Å². The fourth-order valence-corrected chi connectivity index (χ4v) is 2.80. The molecule has 0 aromatic rings. The third-order valence-corrected chi connectivity index (χ3v) is 5.26. The van der Waals surface area contributed by atoms with Gasteiger partial charge in [-0.15, -0.1) is 0 Å². The van der Waals surface area contributed by atoms with E-state index < -0.39 is 20.6 Å². The molecule has 0 aromatic heterocycles. The maximum atomic E-state index is 11.8. The van der Waals surface area contributed by atoms with Crippen LogP contribution in [0.25, 0.3) is 0 Å². The van der Waals surface area contributed by atoms with E-state index in [2.05, 4.69) is 0 Å². The molecule has 1 fully saturated rings. The van der Waals surface area contributed by atoms with Crippen LogP contribution in [0.4, 0.5) is 0 Å². The molecule has 0 saturated carbocycles. The molecule has 0 aliphatic carbocycles. The van der Waals surface area contributed by atoms with E-state index in [1.165, 1.54) is 13.8 Å². The standard InChI is InChI=1S/C9H16O5S/c1-9(2,8(10)11)15(12,13)6-7-4-3-5-14-7/h7H,3-6H2,1-2H3,(H,10,11). The molecule has 15 heavy (non-hydrogen) atoms. The largest absolute Gasteiger partial charge is 0.480 e. The molecule has 1 heterocycles. The average Bonchev–Trinajstić information content (AvgIpc) is 2.55. The van der Waals surface area contributed by atoms with E-state index in [0.29, 0.717) is 13.0 Å². The molecule has 1 rings (SSSR count). The lowest BCUT2D eigenvalue weighted by molar-refractivity contribution is -0.139. The Hall–Kier alpha value is -0.620. The molecule has 88 valence electrons. The molecule has 0 spiro atoms. The van der Waals surface area contributed by atoms with Gasteiger partial charge in [-0.3, -0.25) is 4.79 Å². The molecular formula is C9H16O5S. The molecule has 1 atom stereocenters. The van der Waals surface area contributed by atoms with E-state index in [1.54, 1.807) is 0 Å². The highest BCUT2D eigenvalue weighted by molar-refractivity contribution is 7.93. The second kappa shape index (κ2) is 4.09. The highest BCUT2D eigenvalue weighted by Gasteiger charge is 2.43. The van der Waals surface area contributed by atoms with Gasteiger partial charge in [0.05, 0.1) is 11.9 Å². The average molecular weight is 236 g/mol. The predicted octanol–water partition coefficient (Wildman–Crippen LogP) is 0.443. The van der Waals surface area contributed by atoms with E-state index in [0.717, 1.165) is 6.42 Å². The number of carbonyl (C=O) groups is 1. The highest BCUT2D eigenvalue weighted by Crippen LogP contribution is 2.22. The number of carboxylic acids is 1. The Morgan fingerprint density at radius 3 is 2.53 bits per heavy atom. The van der Waals surface area contributed by atoms with E-state index in [-0.39, 0.29) is 11.9 Å². The summed E-state index contributed by atoms with van der Waals surface area (Å²) in [6, 6.07) is 0. The van der Waals surface area contributed by atoms with Crippen molar-refractivity contribution in [2.75, 3.05) is 12.4 Å². The quantitative estimate of drug-likeness (QED) is 0.766. The van der Waals surface area contributed by atoms with Crippen molar-refractivity contribution in [2.24, 2.45) is 0 Å². The third-order valence-electron chi connectivity index (χ3n) is 2.72. The molecule has 0 radical (unpaired) electrons. The normalized spacial score (nSPS) is 22.9. The van der Waals surface area contributed by atoms with Crippen LogP contribution >= 0.6 is 0 Å². The SMILES string of the molecule is CC(C)(C(=O)O)S(=O)(=O)CC1CCCO1. The Morgan fingerprint density at radius 1 is 1.53 bits per heavy atom. The van der Waals surface area contributed by atoms with Gasteiger partial charge in [0.25, 0.3) is 0 Å². The molecule has 1 saturated heterocycles. The van der Waals surface area contributed by atoms with Crippen LogP contribution in [-0.4, -0.2) is 42.7 Å². The zero-order valence-electron chi connectivity index (χ0n) is 8.89. The van der Waals surface area contributed by atoms with Gasteiger partial charge in [0.1, 0.15) is 0 Å². The number of rotatable bonds is 4. The molecule has 1 aliphatic rings. The Labute approximate surface area is 89.3 Å². The molecule has 6 heteroatoms. The number of aliphatic carboxylic acids is 1. The summed E-state index contributed by atoms with van der Waals surface area (Å²) in [7, 11) is -3.67. The lowest BCUT2D eigenvalue weighted by Crippen LogP contribution is -2.44. The molecule has 1 aliphatic heterocycles. The molecule has 5 nitrogen and oxygen atoms in total. The van der Waals surface area contributed by atoms with E-state index in [1.807, 2.05) is 0 Å². The topological polar surface area (TPSA) is 80.7 Å². The fraction of sp³-hybridized carbons (Fsp3) is 0.889. The second-order valence-electron chi connectivity index (χ2n) is 4.23. The maximum absolute atomic E-state index is 11.8. The molecule has 0 bridgehead atoms. The first-order chi connectivity index (χ1) is 6.77. The highest BCUT2D eigenvalue weighted by atomic mass is 32.2. The summed E-state index contributed by atoms with van der Waals surface area (Å²) < 4.78 is 27.0. The summed E-state index contributed by atoms with van der Waals surface area (Å²) in [6.45, 7) is 2.98. The van der Waals surface area contributed by atoms with Crippen LogP contribution < -0.4 is 0 Å². The van der Waals surface area contributed by atoms with Crippen LogP contribution in [-0.2, 0) is 19.4 Å². The molecule has 0 amide bonds. The summed E-state index contributed by atoms with van der Waals surface area (Å²) in [4.78, 5) is 10.8. The number of hydrogen-bond donors (Lipinski definition) is 1. The summed E-state index contributed by atoms with van der Waals surface area (Å²) >= 11 is 0. The lowest BCUT2D eigenvalue weighted by Gasteiger charge is -2.21. The Bertz CT molecular complexity index is 338. The molecule has 0 aromatic carbocycles. The van der Waals surface area contributed by atoms with Gasteiger partial charge in [0.2, 0.25) is 0 Å². The van der Waals surface area contributed by atoms with Crippen LogP contribution in [0.2, 0.25) is 0 Å². The Morgan fingerprint density at radius 2 is 2.13 bits per heavy atom. The minimum Gasteiger partial charge on any atom is -0.480 e. The van der Waals surface area contributed by atoms with Crippen LogP contribution in [0.5, 0.6) is 0 Å². The summed E-state index contributed by atoms with van der Waals surface area (Å²) in [5.41, 5.74) is 0. The zero-order valence-corrected chi connectivity index (χ0v) is 9.71. The number of carboxylic acid groups (broad SMARTS) is 1. The lowest BCUT2D eigenvalue weighted by atomic mass is 10.2. The maximum Gasteiger partial charge on any atom is 0.324 e. The van der Waals surface area contributed by atoms with E-state index in [4.69, 9.17) is 9.84 Å². The van der Waals surface area contributed by atoms with Crippen molar-refractivity contribution in [2.45, 2.75) is 37.5 Å². The monoisotopic (exact) mass is 236 g/mol. The first-order valence-corrected chi connectivity index (χ1v) is 6.50. The van der Waals surface area contributed by atoms with Crippen molar-refractivity contribution >= 4 is 15.8 Å². The van der Waals surface area contributed by atoms with Crippen LogP contribution in [0, 0.1) is 0 Å². The predicted molar refractivity (Wildman–Crippen MR) is 54.5 cm³/mol. The smallest absolute Gasteiger partial charge is 0.324 e. The van der Waals surface area contributed by atoms with Crippen LogP contribution in [0.3, 0.4) is 0 Å². The first kappa shape index (κ1) is 12.4.